The van der Waals surface area contributed by atoms with Crippen LogP contribution in [0.15, 0.2) is 42.5 Å². The number of carbonyl (C=O) groups excluding carboxylic acids is 2. The first-order chi connectivity index (χ1) is 12.5. The molecule has 134 valence electrons. The second-order valence-electron chi connectivity index (χ2n) is 6.25. The summed E-state index contributed by atoms with van der Waals surface area (Å²) in [6.07, 6.45) is 0.0605. The number of esters is 1. The molecule has 1 heterocycles. The van der Waals surface area contributed by atoms with Crippen LogP contribution >= 0.6 is 0 Å². The second-order valence-corrected chi connectivity index (χ2v) is 6.25. The van der Waals surface area contributed by atoms with Crippen LogP contribution in [0.5, 0.6) is 5.75 Å². The highest BCUT2D eigenvalue weighted by atomic mass is 16.5. The first-order valence-electron chi connectivity index (χ1n) is 8.39. The van der Waals surface area contributed by atoms with E-state index in [-0.39, 0.29) is 18.8 Å². The van der Waals surface area contributed by atoms with Gasteiger partial charge in [0.05, 0.1) is 13.5 Å². The van der Waals surface area contributed by atoms with E-state index in [1.54, 1.807) is 7.11 Å². The molecule has 0 saturated carbocycles. The Kier molecular flexibility index (Phi) is 5.07. The Morgan fingerprint density at radius 2 is 1.85 bits per heavy atom. The van der Waals surface area contributed by atoms with Crippen molar-refractivity contribution in [3.8, 4) is 5.75 Å². The molecule has 0 atom stereocenters. The third-order valence-corrected chi connectivity index (χ3v) is 4.31. The van der Waals surface area contributed by atoms with Crippen LogP contribution in [-0.2, 0) is 16.0 Å². The van der Waals surface area contributed by atoms with Crippen LogP contribution in [-0.4, -0.2) is 30.5 Å². The molecule has 3 aromatic rings. The Balaban J connectivity index is 1.69. The summed E-state index contributed by atoms with van der Waals surface area (Å²) in [7, 11) is 1.56. The molecule has 3 rings (SSSR count). The minimum atomic E-state index is -0.459. The highest BCUT2D eigenvalue weighted by Gasteiger charge is 2.18. The summed E-state index contributed by atoms with van der Waals surface area (Å²) in [6.45, 7) is 3.50. The van der Waals surface area contributed by atoms with E-state index in [0.29, 0.717) is 11.3 Å². The molecule has 0 fully saturated rings. The smallest absolute Gasteiger partial charge is 0.310 e. The van der Waals surface area contributed by atoms with Crippen LogP contribution in [0.2, 0.25) is 0 Å². The Morgan fingerprint density at radius 1 is 1.08 bits per heavy atom. The lowest BCUT2D eigenvalue weighted by molar-refractivity contribution is -0.141. The lowest BCUT2D eigenvalue weighted by atomic mass is 10.1. The first-order valence-corrected chi connectivity index (χ1v) is 8.39. The van der Waals surface area contributed by atoms with E-state index in [1.807, 2.05) is 56.3 Å². The van der Waals surface area contributed by atoms with Crippen molar-refractivity contribution in [2.24, 2.45) is 0 Å². The number of carbonyl (C=O) groups is 2. The maximum atomic E-state index is 12.6. The monoisotopic (exact) mass is 351 g/mol. The number of aromatic nitrogens is 1. The van der Waals surface area contributed by atoms with Crippen LogP contribution in [0.3, 0.4) is 0 Å². The van der Waals surface area contributed by atoms with Crippen LogP contribution < -0.4 is 4.74 Å². The number of Topliss-reactive ketones (excluding diaryl/α,β-unsaturated/α-hetero) is 1. The van der Waals surface area contributed by atoms with Gasteiger partial charge in [-0.2, -0.15) is 0 Å². The predicted octanol–water partition coefficient (Wildman–Crippen LogP) is 3.76. The fourth-order valence-electron chi connectivity index (χ4n) is 3.11. The molecular weight excluding hydrogens is 330 g/mol. The van der Waals surface area contributed by atoms with Crippen molar-refractivity contribution in [1.29, 1.82) is 0 Å². The molecule has 0 unspecified atom stereocenters. The number of ether oxygens (including phenoxy) is 2. The molecule has 26 heavy (non-hydrogen) atoms. The number of fused-ring (bicyclic) bond motifs is 1. The SMILES string of the molecule is COc1ccc(C)cc1CC(=O)OCC(=O)c1c(C)[nH]c2ccccc12. The van der Waals surface area contributed by atoms with Crippen LogP contribution in [0.25, 0.3) is 10.9 Å². The minimum Gasteiger partial charge on any atom is -0.496 e. The van der Waals surface area contributed by atoms with Crippen molar-refractivity contribution in [1.82, 2.24) is 4.98 Å². The Labute approximate surface area is 151 Å². The maximum Gasteiger partial charge on any atom is 0.310 e. The van der Waals surface area contributed by atoms with Gasteiger partial charge in [-0.1, -0.05) is 35.9 Å². The fourth-order valence-corrected chi connectivity index (χ4v) is 3.11. The van der Waals surface area contributed by atoms with Gasteiger partial charge in [-0.15, -0.1) is 0 Å². The Bertz CT molecular complexity index is 971. The average molecular weight is 351 g/mol. The zero-order valence-corrected chi connectivity index (χ0v) is 15.1. The highest BCUT2D eigenvalue weighted by Crippen LogP contribution is 2.23. The van der Waals surface area contributed by atoms with Crippen LogP contribution in [0, 0.1) is 13.8 Å². The summed E-state index contributed by atoms with van der Waals surface area (Å²) in [6, 6.07) is 13.2. The molecule has 0 aliphatic heterocycles. The largest absolute Gasteiger partial charge is 0.496 e. The Hall–Kier alpha value is -3.08. The number of aromatic amines is 1. The average Bonchev–Trinajstić information content (AvgIpc) is 2.95. The number of nitrogens with one attached hydrogen (secondary N) is 1. The summed E-state index contributed by atoms with van der Waals surface area (Å²) in [5.41, 5.74) is 4.01. The molecule has 0 radical (unpaired) electrons. The molecule has 0 amide bonds. The van der Waals surface area contributed by atoms with Crippen molar-refractivity contribution in [3.05, 3.63) is 64.8 Å². The topological polar surface area (TPSA) is 68.4 Å². The van der Waals surface area contributed by atoms with Crippen molar-refractivity contribution in [3.63, 3.8) is 0 Å². The number of para-hydroxylation sites is 1. The van der Waals surface area contributed by atoms with Crippen molar-refractivity contribution in [2.45, 2.75) is 20.3 Å². The van der Waals surface area contributed by atoms with Gasteiger partial charge in [0.2, 0.25) is 5.78 Å². The summed E-state index contributed by atoms with van der Waals surface area (Å²) in [5, 5.41) is 0.839. The lowest BCUT2D eigenvalue weighted by Gasteiger charge is -2.09. The zero-order valence-electron chi connectivity index (χ0n) is 15.1. The van der Waals surface area contributed by atoms with Gasteiger partial charge in [-0.3, -0.25) is 9.59 Å². The number of hydrogen-bond donors (Lipinski definition) is 1. The van der Waals surface area contributed by atoms with Crippen molar-refractivity contribution >= 4 is 22.7 Å². The number of methoxy groups -OCH3 is 1. The lowest BCUT2D eigenvalue weighted by Crippen LogP contribution is -2.16. The molecule has 1 aromatic heterocycles. The normalized spacial score (nSPS) is 10.7. The van der Waals surface area contributed by atoms with E-state index in [0.717, 1.165) is 27.7 Å². The predicted molar refractivity (Wildman–Crippen MR) is 99.8 cm³/mol. The van der Waals surface area contributed by atoms with Gasteiger partial charge in [-0.25, -0.2) is 0 Å². The quantitative estimate of drug-likeness (QED) is 0.542. The molecule has 0 spiro atoms. The summed E-state index contributed by atoms with van der Waals surface area (Å²) >= 11 is 0. The number of hydrogen-bond acceptors (Lipinski definition) is 4. The van der Waals surface area contributed by atoms with E-state index in [4.69, 9.17) is 9.47 Å². The maximum absolute atomic E-state index is 12.6. The van der Waals surface area contributed by atoms with Gasteiger partial charge >= 0.3 is 5.97 Å². The second kappa shape index (κ2) is 7.44. The summed E-state index contributed by atoms with van der Waals surface area (Å²) in [5.74, 6) is -0.0457. The number of aryl methyl sites for hydroxylation is 2. The van der Waals surface area contributed by atoms with Gasteiger partial charge < -0.3 is 14.5 Å². The Morgan fingerprint density at radius 3 is 2.62 bits per heavy atom. The van der Waals surface area contributed by atoms with E-state index in [9.17, 15) is 9.59 Å². The van der Waals surface area contributed by atoms with Gasteiger partial charge in [-0.05, 0) is 26.0 Å². The molecular formula is C21H21NO4. The van der Waals surface area contributed by atoms with E-state index >= 15 is 0 Å². The van der Waals surface area contributed by atoms with Gasteiger partial charge in [0.1, 0.15) is 5.75 Å². The minimum absolute atomic E-state index is 0.0605. The fraction of sp³-hybridized carbons (Fsp3) is 0.238. The first kappa shape index (κ1) is 17.7. The van der Waals surface area contributed by atoms with Crippen molar-refractivity contribution < 1.29 is 19.1 Å². The molecule has 0 saturated heterocycles. The number of ketones is 1. The summed E-state index contributed by atoms with van der Waals surface area (Å²) in [4.78, 5) is 27.9. The van der Waals surface area contributed by atoms with Crippen LogP contribution in [0.1, 0.15) is 27.2 Å². The molecule has 1 N–H and O–H groups in total. The standard InChI is InChI=1S/C21H21NO4/c1-13-8-9-19(25-3)15(10-13)11-20(24)26-12-18(23)21-14(2)22-17-7-5-4-6-16(17)21/h4-10,22H,11-12H2,1-3H3. The molecule has 2 aromatic carbocycles. The third-order valence-electron chi connectivity index (χ3n) is 4.31. The van der Waals surface area contributed by atoms with Gasteiger partial charge in [0, 0.05) is 27.7 Å². The molecule has 5 nitrogen and oxygen atoms in total. The van der Waals surface area contributed by atoms with E-state index in [2.05, 4.69) is 4.98 Å². The molecule has 0 aliphatic carbocycles. The van der Waals surface area contributed by atoms with Gasteiger partial charge in [0.15, 0.2) is 6.61 Å². The number of benzene rings is 2. The molecule has 5 heteroatoms. The van der Waals surface area contributed by atoms with E-state index in [1.165, 1.54) is 0 Å². The van der Waals surface area contributed by atoms with Crippen LogP contribution in [0.4, 0.5) is 0 Å². The molecule has 0 aliphatic rings. The highest BCUT2D eigenvalue weighted by molar-refractivity contribution is 6.10. The number of H-pyrrole nitrogens is 1. The van der Waals surface area contributed by atoms with Gasteiger partial charge in [0.25, 0.3) is 0 Å². The third kappa shape index (κ3) is 3.61. The van der Waals surface area contributed by atoms with Crippen molar-refractivity contribution in [2.75, 3.05) is 13.7 Å². The zero-order chi connectivity index (χ0) is 18.7. The summed E-state index contributed by atoms with van der Waals surface area (Å²) < 4.78 is 10.5. The van der Waals surface area contributed by atoms with E-state index < -0.39 is 5.97 Å². The molecule has 0 bridgehead atoms. The number of rotatable bonds is 6.